The summed E-state index contributed by atoms with van der Waals surface area (Å²) in [4.78, 5) is 9.93. The molecule has 4 nitrogen and oxygen atoms in total. The van der Waals surface area contributed by atoms with Crippen molar-refractivity contribution >= 4 is 5.82 Å². The predicted molar refractivity (Wildman–Crippen MR) is 63.4 cm³/mol. The zero-order valence-corrected chi connectivity index (χ0v) is 10.1. The van der Waals surface area contributed by atoms with Crippen LogP contribution in [0, 0.1) is 11.7 Å². The summed E-state index contributed by atoms with van der Waals surface area (Å²) in [5, 5.41) is 8.90. The van der Waals surface area contributed by atoms with Gasteiger partial charge in [-0.3, -0.25) is 0 Å². The minimum atomic E-state index is -0.292. The Bertz CT molecular complexity index is 386. The molecule has 0 bridgehead atoms. The van der Waals surface area contributed by atoms with Crippen LogP contribution in [-0.2, 0) is 6.42 Å². The van der Waals surface area contributed by atoms with E-state index in [4.69, 9.17) is 5.11 Å². The summed E-state index contributed by atoms with van der Waals surface area (Å²) in [6.45, 7) is 3.66. The highest BCUT2D eigenvalue weighted by atomic mass is 19.1. The maximum absolute atomic E-state index is 14.0. The van der Waals surface area contributed by atoms with Crippen molar-refractivity contribution in [2.45, 2.75) is 26.2 Å². The molecule has 17 heavy (non-hydrogen) atoms. The highest BCUT2D eigenvalue weighted by molar-refractivity contribution is 5.42. The number of aliphatic hydroxyl groups is 1. The second-order valence-corrected chi connectivity index (χ2v) is 4.42. The minimum Gasteiger partial charge on any atom is -0.396 e. The van der Waals surface area contributed by atoms with E-state index in [0.717, 1.165) is 25.9 Å². The topological polar surface area (TPSA) is 49.2 Å². The number of aryl methyl sites for hydroxylation is 1. The second kappa shape index (κ2) is 5.40. The molecule has 1 N–H and O–H groups in total. The number of rotatable bonds is 4. The lowest BCUT2D eigenvalue weighted by Gasteiger charge is -2.18. The van der Waals surface area contributed by atoms with Crippen molar-refractivity contribution in [3.63, 3.8) is 0 Å². The van der Waals surface area contributed by atoms with Crippen molar-refractivity contribution in [2.75, 3.05) is 24.6 Å². The van der Waals surface area contributed by atoms with E-state index >= 15 is 0 Å². The Morgan fingerprint density at radius 1 is 1.53 bits per heavy atom. The van der Waals surface area contributed by atoms with Gasteiger partial charge in [-0.15, -0.1) is 0 Å². The highest BCUT2D eigenvalue weighted by Crippen LogP contribution is 2.26. The molecule has 1 aromatic rings. The van der Waals surface area contributed by atoms with E-state index in [2.05, 4.69) is 9.97 Å². The maximum atomic E-state index is 14.0. The largest absolute Gasteiger partial charge is 0.396 e. The lowest BCUT2D eigenvalue weighted by atomic mass is 10.1. The summed E-state index contributed by atoms with van der Waals surface area (Å²) in [5.74, 6) is 0.566. The molecule has 0 amide bonds. The van der Waals surface area contributed by atoms with Gasteiger partial charge in [-0.05, 0) is 25.2 Å². The summed E-state index contributed by atoms with van der Waals surface area (Å²) in [6.07, 6.45) is 3.78. The van der Waals surface area contributed by atoms with Crippen molar-refractivity contribution in [2.24, 2.45) is 5.92 Å². The number of hydrogen-bond acceptors (Lipinski definition) is 4. The predicted octanol–water partition coefficient (Wildman–Crippen LogP) is 1.39. The average molecular weight is 239 g/mol. The van der Waals surface area contributed by atoms with Gasteiger partial charge >= 0.3 is 0 Å². The van der Waals surface area contributed by atoms with Crippen molar-refractivity contribution < 1.29 is 9.50 Å². The van der Waals surface area contributed by atoms with Gasteiger partial charge in [-0.25, -0.2) is 14.4 Å². The SMILES string of the molecule is CCc1ncnc(N2CCC(CCO)C2)c1F. The van der Waals surface area contributed by atoms with Crippen LogP contribution in [0.3, 0.4) is 0 Å². The highest BCUT2D eigenvalue weighted by Gasteiger charge is 2.25. The van der Waals surface area contributed by atoms with Gasteiger partial charge in [0.1, 0.15) is 6.33 Å². The number of aromatic nitrogens is 2. The number of nitrogens with zero attached hydrogens (tertiary/aromatic N) is 3. The molecule has 0 saturated carbocycles. The van der Waals surface area contributed by atoms with Gasteiger partial charge in [-0.1, -0.05) is 6.92 Å². The van der Waals surface area contributed by atoms with Crippen molar-refractivity contribution in [1.82, 2.24) is 9.97 Å². The van der Waals surface area contributed by atoms with Crippen LogP contribution in [0.5, 0.6) is 0 Å². The number of anilines is 1. The molecular formula is C12H18FN3O. The summed E-state index contributed by atoms with van der Waals surface area (Å²) < 4.78 is 14.0. The van der Waals surface area contributed by atoms with Crippen LogP contribution >= 0.6 is 0 Å². The van der Waals surface area contributed by atoms with E-state index in [1.165, 1.54) is 6.33 Å². The minimum absolute atomic E-state index is 0.199. The molecule has 1 atom stereocenters. The van der Waals surface area contributed by atoms with Gasteiger partial charge in [0.05, 0.1) is 5.69 Å². The van der Waals surface area contributed by atoms with Gasteiger partial charge in [0, 0.05) is 19.7 Å². The molecular weight excluding hydrogens is 221 g/mol. The lowest BCUT2D eigenvalue weighted by Crippen LogP contribution is -2.23. The number of halogens is 1. The van der Waals surface area contributed by atoms with Crippen molar-refractivity contribution in [1.29, 1.82) is 0 Å². The molecule has 2 rings (SSSR count). The van der Waals surface area contributed by atoms with Gasteiger partial charge < -0.3 is 10.0 Å². The van der Waals surface area contributed by atoms with Gasteiger partial charge in [0.2, 0.25) is 0 Å². The first-order valence-electron chi connectivity index (χ1n) is 6.11. The molecule has 0 radical (unpaired) electrons. The maximum Gasteiger partial charge on any atom is 0.187 e. The molecule has 5 heteroatoms. The smallest absolute Gasteiger partial charge is 0.187 e. The molecule has 0 spiro atoms. The summed E-state index contributed by atoms with van der Waals surface area (Å²) in [7, 11) is 0. The van der Waals surface area contributed by atoms with E-state index in [1.54, 1.807) is 0 Å². The van der Waals surface area contributed by atoms with Crippen LogP contribution in [0.15, 0.2) is 6.33 Å². The molecule has 1 aliphatic heterocycles. The second-order valence-electron chi connectivity index (χ2n) is 4.42. The monoisotopic (exact) mass is 239 g/mol. The molecule has 0 aromatic carbocycles. The molecule has 0 aliphatic carbocycles. The van der Waals surface area contributed by atoms with E-state index in [-0.39, 0.29) is 12.4 Å². The lowest BCUT2D eigenvalue weighted by molar-refractivity contribution is 0.263. The third-order valence-corrected chi connectivity index (χ3v) is 3.30. The standard InChI is InChI=1S/C12H18FN3O/c1-2-10-11(13)12(15-8-14-10)16-5-3-9(7-16)4-6-17/h8-9,17H,2-7H2,1H3. The van der Waals surface area contributed by atoms with E-state index in [0.29, 0.717) is 23.9 Å². The molecule has 1 saturated heterocycles. The molecule has 94 valence electrons. The molecule has 1 fully saturated rings. The first-order chi connectivity index (χ1) is 8.26. The Balaban J connectivity index is 2.13. The zero-order valence-electron chi connectivity index (χ0n) is 10.1. The Hall–Kier alpha value is -1.23. The zero-order chi connectivity index (χ0) is 12.3. The number of hydrogen-bond donors (Lipinski definition) is 1. The average Bonchev–Trinajstić information content (AvgIpc) is 2.78. The summed E-state index contributed by atoms with van der Waals surface area (Å²) in [5.41, 5.74) is 0.473. The first kappa shape index (κ1) is 12.2. The summed E-state index contributed by atoms with van der Waals surface area (Å²) >= 11 is 0. The van der Waals surface area contributed by atoms with Crippen LogP contribution in [0.1, 0.15) is 25.5 Å². The van der Waals surface area contributed by atoms with Crippen molar-refractivity contribution in [3.05, 3.63) is 17.8 Å². The normalized spacial score (nSPS) is 19.9. The van der Waals surface area contributed by atoms with Crippen LogP contribution in [0.2, 0.25) is 0 Å². The molecule has 1 aromatic heterocycles. The van der Waals surface area contributed by atoms with Crippen LogP contribution in [0.25, 0.3) is 0 Å². The Labute approximate surface area is 101 Å². The fraction of sp³-hybridized carbons (Fsp3) is 0.667. The van der Waals surface area contributed by atoms with Crippen LogP contribution < -0.4 is 4.90 Å². The molecule has 1 unspecified atom stereocenters. The van der Waals surface area contributed by atoms with E-state index < -0.39 is 0 Å². The summed E-state index contributed by atoms with van der Waals surface area (Å²) in [6, 6.07) is 0. The van der Waals surface area contributed by atoms with Gasteiger partial charge in [0.25, 0.3) is 0 Å². The Kier molecular flexibility index (Phi) is 3.89. The molecule has 2 heterocycles. The fourth-order valence-electron chi connectivity index (χ4n) is 2.31. The first-order valence-corrected chi connectivity index (χ1v) is 6.11. The number of aliphatic hydroxyl groups excluding tert-OH is 1. The van der Waals surface area contributed by atoms with Gasteiger partial charge in [-0.2, -0.15) is 0 Å². The van der Waals surface area contributed by atoms with E-state index in [1.807, 2.05) is 11.8 Å². The molecule has 1 aliphatic rings. The van der Waals surface area contributed by atoms with Crippen molar-refractivity contribution in [3.8, 4) is 0 Å². The van der Waals surface area contributed by atoms with Crippen LogP contribution in [0.4, 0.5) is 10.2 Å². The third kappa shape index (κ3) is 2.54. The Morgan fingerprint density at radius 3 is 3.06 bits per heavy atom. The quantitative estimate of drug-likeness (QED) is 0.862. The Morgan fingerprint density at radius 2 is 2.35 bits per heavy atom. The van der Waals surface area contributed by atoms with E-state index in [9.17, 15) is 4.39 Å². The third-order valence-electron chi connectivity index (χ3n) is 3.30. The fourth-order valence-corrected chi connectivity index (χ4v) is 2.31. The van der Waals surface area contributed by atoms with Crippen LogP contribution in [-0.4, -0.2) is 34.8 Å². The van der Waals surface area contributed by atoms with Gasteiger partial charge in [0.15, 0.2) is 11.6 Å².